The lowest BCUT2D eigenvalue weighted by molar-refractivity contribution is 0.0526. The van der Waals surface area contributed by atoms with Gasteiger partial charge in [-0.1, -0.05) is 0 Å². The first kappa shape index (κ1) is 29.1. The molecule has 0 atom stereocenters. The number of benzene rings is 2. The lowest BCUT2D eigenvalue weighted by Gasteiger charge is -2.37. The maximum atomic E-state index is 13.0. The fourth-order valence-electron chi connectivity index (χ4n) is 4.87. The van der Waals surface area contributed by atoms with E-state index >= 15 is 0 Å². The Hall–Kier alpha value is -5.38. The number of carbonyl (C=O) groups is 2. The summed E-state index contributed by atoms with van der Waals surface area (Å²) in [4.78, 5) is 35.9. The molecule has 222 valence electrons. The molecule has 0 saturated carbocycles. The first-order valence-electron chi connectivity index (χ1n) is 14.0. The normalized spacial score (nSPS) is 13.0. The number of rotatable bonds is 10. The molecule has 13 nitrogen and oxygen atoms in total. The number of aryl methyl sites for hydroxylation is 1. The van der Waals surface area contributed by atoms with Gasteiger partial charge in [0.15, 0.2) is 11.5 Å². The molecule has 0 unspecified atom stereocenters. The van der Waals surface area contributed by atoms with E-state index in [-0.39, 0.29) is 12.6 Å². The molecular formula is C30H32N8O5. The Morgan fingerprint density at radius 3 is 2.47 bits per heavy atom. The molecule has 4 aromatic rings. The summed E-state index contributed by atoms with van der Waals surface area (Å²) in [6.45, 7) is 4.84. The van der Waals surface area contributed by atoms with Crippen LogP contribution in [0, 0.1) is 11.3 Å². The van der Waals surface area contributed by atoms with E-state index in [0.29, 0.717) is 90.7 Å². The number of hydrogen-bond acceptors (Lipinski definition) is 10. The van der Waals surface area contributed by atoms with Crippen LogP contribution in [-0.4, -0.2) is 83.4 Å². The van der Waals surface area contributed by atoms with E-state index in [4.69, 9.17) is 19.5 Å². The molecule has 2 amide bonds. The van der Waals surface area contributed by atoms with E-state index in [1.165, 1.54) is 6.20 Å². The molecule has 5 rings (SSSR count). The summed E-state index contributed by atoms with van der Waals surface area (Å²) in [5.74, 6) is 0.573. The van der Waals surface area contributed by atoms with Gasteiger partial charge in [-0.25, -0.2) is 9.59 Å². The molecule has 0 aliphatic carbocycles. The Balaban J connectivity index is 1.35. The van der Waals surface area contributed by atoms with Crippen LogP contribution in [0.2, 0.25) is 0 Å². The first-order valence-corrected chi connectivity index (χ1v) is 14.0. The lowest BCUT2D eigenvalue weighted by Crippen LogP contribution is -2.50. The maximum absolute atomic E-state index is 13.0. The number of pyridine rings is 1. The highest BCUT2D eigenvalue weighted by atomic mass is 16.5. The number of ether oxygens (including phenoxy) is 3. The Labute approximate surface area is 248 Å². The highest BCUT2D eigenvalue weighted by Crippen LogP contribution is 2.38. The Morgan fingerprint density at radius 1 is 1.05 bits per heavy atom. The molecule has 3 heterocycles. The van der Waals surface area contributed by atoms with Gasteiger partial charge in [0.05, 0.1) is 62.1 Å². The van der Waals surface area contributed by atoms with Crippen LogP contribution in [0.5, 0.6) is 11.5 Å². The average molecular weight is 585 g/mol. The molecule has 0 spiro atoms. The van der Waals surface area contributed by atoms with Crippen molar-refractivity contribution in [2.24, 2.45) is 0 Å². The van der Waals surface area contributed by atoms with E-state index in [0.717, 1.165) is 0 Å². The van der Waals surface area contributed by atoms with Gasteiger partial charge in [-0.3, -0.25) is 4.98 Å². The second-order valence-electron chi connectivity index (χ2n) is 9.68. The smallest absolute Gasteiger partial charge is 0.341 e. The number of fused-ring (bicyclic) bond motifs is 1. The molecule has 13 heteroatoms. The van der Waals surface area contributed by atoms with Crippen molar-refractivity contribution >= 4 is 34.3 Å². The summed E-state index contributed by atoms with van der Waals surface area (Å²) in [5, 5.41) is 20.8. The van der Waals surface area contributed by atoms with Gasteiger partial charge in [0.25, 0.3) is 0 Å². The van der Waals surface area contributed by atoms with Crippen molar-refractivity contribution in [2.75, 3.05) is 56.7 Å². The Kier molecular flexibility index (Phi) is 9.16. The van der Waals surface area contributed by atoms with Crippen LogP contribution < -0.4 is 19.7 Å². The van der Waals surface area contributed by atoms with Crippen molar-refractivity contribution in [3.8, 4) is 17.6 Å². The van der Waals surface area contributed by atoms with Gasteiger partial charge < -0.3 is 29.3 Å². The summed E-state index contributed by atoms with van der Waals surface area (Å²) in [7, 11) is 1.56. The molecular weight excluding hydrogens is 552 g/mol. The number of piperazine rings is 1. The highest BCUT2D eigenvalue weighted by Gasteiger charge is 2.27. The fourth-order valence-corrected chi connectivity index (χ4v) is 4.87. The zero-order valence-corrected chi connectivity index (χ0v) is 24.0. The number of nitrogens with one attached hydrogen (secondary N) is 1. The molecule has 1 saturated heterocycles. The topological polar surface area (TPSA) is 148 Å². The van der Waals surface area contributed by atoms with E-state index < -0.39 is 5.97 Å². The predicted molar refractivity (Wildman–Crippen MR) is 158 cm³/mol. The zero-order valence-electron chi connectivity index (χ0n) is 24.0. The van der Waals surface area contributed by atoms with Crippen LogP contribution in [0.4, 0.5) is 16.2 Å². The minimum atomic E-state index is -0.473. The van der Waals surface area contributed by atoms with Crippen LogP contribution in [0.1, 0.15) is 29.3 Å². The molecule has 2 aromatic carbocycles. The number of methoxy groups -OCH3 is 1. The predicted octanol–water partition coefficient (Wildman–Crippen LogP) is 3.71. The molecule has 2 aromatic heterocycles. The van der Waals surface area contributed by atoms with E-state index in [9.17, 15) is 9.59 Å². The molecule has 1 fully saturated rings. The Morgan fingerprint density at radius 2 is 1.79 bits per heavy atom. The van der Waals surface area contributed by atoms with Crippen LogP contribution in [0.15, 0.2) is 55.0 Å². The van der Waals surface area contributed by atoms with Gasteiger partial charge in [0.1, 0.15) is 5.56 Å². The number of amides is 2. The van der Waals surface area contributed by atoms with Gasteiger partial charge in [0, 0.05) is 55.9 Å². The quantitative estimate of drug-likeness (QED) is 0.216. The Bertz CT molecular complexity index is 1610. The summed E-state index contributed by atoms with van der Waals surface area (Å²) in [6, 6.07) is 12.2. The summed E-state index contributed by atoms with van der Waals surface area (Å²) >= 11 is 0. The average Bonchev–Trinajstić information content (AvgIpc) is 3.56. The number of urea groups is 1. The number of aromatic nitrogens is 4. The van der Waals surface area contributed by atoms with Gasteiger partial charge in [-0.15, -0.1) is 0 Å². The molecule has 0 radical (unpaired) electrons. The third kappa shape index (κ3) is 6.75. The monoisotopic (exact) mass is 584 g/mol. The standard InChI is InChI=1S/C30H32N8O5/c1-3-42-29(39)24-20-32-25-18-27(43-16-4-11-38-33-9-10-34-38)26(41-2)17-23(25)28(24)36-12-14-37(15-13-36)30(40)35-22-7-5-21(19-31)6-8-22/h5-10,17-18,20H,3-4,11-16H2,1-2H3,(H,35,40). The van der Waals surface area contributed by atoms with Gasteiger partial charge in [-0.05, 0) is 37.3 Å². The highest BCUT2D eigenvalue weighted by molar-refractivity contribution is 6.06. The number of hydrogen-bond donors (Lipinski definition) is 1. The van der Waals surface area contributed by atoms with Crippen molar-refractivity contribution in [1.82, 2.24) is 24.9 Å². The largest absolute Gasteiger partial charge is 0.493 e. The summed E-state index contributed by atoms with van der Waals surface area (Å²) in [5.41, 5.74) is 2.78. The van der Waals surface area contributed by atoms with Crippen molar-refractivity contribution in [2.45, 2.75) is 19.9 Å². The molecule has 1 aliphatic rings. The summed E-state index contributed by atoms with van der Waals surface area (Å²) in [6.07, 6.45) is 5.49. The molecule has 1 aliphatic heterocycles. The third-order valence-electron chi connectivity index (χ3n) is 7.00. The second kappa shape index (κ2) is 13.5. The van der Waals surface area contributed by atoms with Crippen LogP contribution in [-0.2, 0) is 11.3 Å². The minimum absolute atomic E-state index is 0.226. The number of carbonyl (C=O) groups excluding carboxylic acids is 2. The van der Waals surface area contributed by atoms with Crippen molar-refractivity contribution in [3.05, 3.63) is 66.1 Å². The first-order chi connectivity index (χ1) is 21.0. The number of nitrogens with zero attached hydrogens (tertiary/aromatic N) is 7. The van der Waals surface area contributed by atoms with E-state index in [1.54, 1.807) is 66.5 Å². The van der Waals surface area contributed by atoms with Crippen LogP contribution >= 0.6 is 0 Å². The minimum Gasteiger partial charge on any atom is -0.493 e. The summed E-state index contributed by atoms with van der Waals surface area (Å²) < 4.78 is 17.1. The number of anilines is 2. The number of esters is 1. The van der Waals surface area contributed by atoms with Crippen molar-refractivity contribution in [3.63, 3.8) is 0 Å². The second-order valence-corrected chi connectivity index (χ2v) is 9.68. The lowest BCUT2D eigenvalue weighted by atomic mass is 10.1. The molecule has 0 bridgehead atoms. The maximum Gasteiger partial charge on any atom is 0.341 e. The van der Waals surface area contributed by atoms with Crippen molar-refractivity contribution in [1.29, 1.82) is 5.26 Å². The van der Waals surface area contributed by atoms with Crippen molar-refractivity contribution < 1.29 is 23.8 Å². The fraction of sp³-hybridized carbons (Fsp3) is 0.333. The van der Waals surface area contributed by atoms with Gasteiger partial charge in [0.2, 0.25) is 0 Å². The SMILES string of the molecule is CCOC(=O)c1cnc2cc(OCCCn3nccn3)c(OC)cc2c1N1CCN(C(=O)Nc2ccc(C#N)cc2)CC1. The molecule has 1 N–H and O–H groups in total. The van der Waals surface area contributed by atoms with E-state index in [2.05, 4.69) is 31.5 Å². The van der Waals surface area contributed by atoms with E-state index in [1.807, 2.05) is 6.07 Å². The molecule has 43 heavy (non-hydrogen) atoms. The van der Waals surface area contributed by atoms with Crippen LogP contribution in [0.3, 0.4) is 0 Å². The van der Waals surface area contributed by atoms with Gasteiger partial charge in [-0.2, -0.15) is 20.3 Å². The third-order valence-corrected chi connectivity index (χ3v) is 7.00. The van der Waals surface area contributed by atoms with Gasteiger partial charge >= 0.3 is 12.0 Å². The zero-order chi connectivity index (χ0) is 30.2. The van der Waals surface area contributed by atoms with Crippen LogP contribution in [0.25, 0.3) is 10.9 Å². The number of nitriles is 1.